The smallest absolute Gasteiger partial charge is 0.303 e. The van der Waals surface area contributed by atoms with Crippen LogP contribution < -0.4 is 4.90 Å². The first kappa shape index (κ1) is 12.5. The molecule has 0 spiro atoms. The number of nitrogens with zero attached hydrogens (tertiary/aromatic N) is 1. The lowest BCUT2D eigenvalue weighted by Gasteiger charge is -2.17. The minimum Gasteiger partial charge on any atom is -0.481 e. The molecule has 0 atom stereocenters. The predicted octanol–water partition coefficient (Wildman–Crippen LogP) is 1.97. The van der Waals surface area contributed by atoms with E-state index in [0.29, 0.717) is 19.4 Å². The maximum absolute atomic E-state index is 13.7. The Kier molecular flexibility index (Phi) is 3.60. The fraction of sp³-hybridized carbons (Fsp3) is 0.385. The molecule has 1 aromatic rings. The number of hydrogen-bond acceptors (Lipinski definition) is 2. The Labute approximate surface area is 104 Å². The number of hydrogen-bond donors (Lipinski definition) is 1. The van der Waals surface area contributed by atoms with E-state index in [-0.39, 0.29) is 18.0 Å². The Balaban J connectivity index is 2.21. The fourth-order valence-electron chi connectivity index (χ4n) is 2.07. The molecule has 1 fully saturated rings. The predicted molar refractivity (Wildman–Crippen MR) is 63.9 cm³/mol. The molecule has 2 rings (SSSR count). The molecule has 0 unspecified atom stereocenters. The third-order valence-corrected chi connectivity index (χ3v) is 3.00. The number of carbonyl (C=O) groups excluding carboxylic acids is 1. The van der Waals surface area contributed by atoms with Crippen LogP contribution in [-0.2, 0) is 16.0 Å². The van der Waals surface area contributed by atoms with Gasteiger partial charge < -0.3 is 10.0 Å². The van der Waals surface area contributed by atoms with Crippen molar-refractivity contribution in [2.75, 3.05) is 11.4 Å². The minimum absolute atomic E-state index is 0.000973. The third-order valence-electron chi connectivity index (χ3n) is 3.00. The van der Waals surface area contributed by atoms with Gasteiger partial charge in [-0.25, -0.2) is 4.39 Å². The molecule has 4 nitrogen and oxygen atoms in total. The molecule has 1 aliphatic rings. The highest BCUT2D eigenvalue weighted by molar-refractivity contribution is 5.95. The molecule has 1 heterocycles. The van der Waals surface area contributed by atoms with Crippen LogP contribution in [0, 0.1) is 5.82 Å². The van der Waals surface area contributed by atoms with Crippen molar-refractivity contribution in [3.05, 3.63) is 29.6 Å². The van der Waals surface area contributed by atoms with E-state index in [4.69, 9.17) is 5.11 Å². The van der Waals surface area contributed by atoms with Gasteiger partial charge in [0, 0.05) is 19.4 Å². The number of carboxylic acids is 1. The Morgan fingerprint density at radius 3 is 2.83 bits per heavy atom. The first-order valence-corrected chi connectivity index (χ1v) is 5.88. The van der Waals surface area contributed by atoms with Gasteiger partial charge in [0.1, 0.15) is 5.82 Å². The highest BCUT2D eigenvalue weighted by atomic mass is 19.1. The van der Waals surface area contributed by atoms with Gasteiger partial charge in [-0.1, -0.05) is 6.07 Å². The number of carbonyl (C=O) groups is 2. The molecule has 0 radical (unpaired) electrons. The normalized spacial score (nSPS) is 15.2. The Hall–Kier alpha value is -1.91. The van der Waals surface area contributed by atoms with Crippen LogP contribution >= 0.6 is 0 Å². The molecule has 1 aromatic carbocycles. The van der Waals surface area contributed by atoms with Gasteiger partial charge in [0.15, 0.2) is 0 Å². The molecular formula is C13H14FNO3. The van der Waals surface area contributed by atoms with Crippen molar-refractivity contribution in [1.82, 2.24) is 0 Å². The number of benzene rings is 1. The molecule has 1 aliphatic heterocycles. The van der Waals surface area contributed by atoms with E-state index in [9.17, 15) is 14.0 Å². The topological polar surface area (TPSA) is 57.6 Å². The summed E-state index contributed by atoms with van der Waals surface area (Å²) in [7, 11) is 0. The number of aliphatic carboxylic acids is 1. The van der Waals surface area contributed by atoms with Crippen LogP contribution in [0.5, 0.6) is 0 Å². The lowest BCUT2D eigenvalue weighted by molar-refractivity contribution is -0.137. The van der Waals surface area contributed by atoms with E-state index >= 15 is 0 Å². The number of aryl methyl sites for hydroxylation is 1. The monoisotopic (exact) mass is 251 g/mol. The lowest BCUT2D eigenvalue weighted by atomic mass is 10.1. The van der Waals surface area contributed by atoms with E-state index in [1.165, 1.54) is 11.0 Å². The quantitative estimate of drug-likeness (QED) is 0.890. The van der Waals surface area contributed by atoms with Gasteiger partial charge in [-0.05, 0) is 30.5 Å². The maximum atomic E-state index is 13.7. The molecule has 5 heteroatoms. The van der Waals surface area contributed by atoms with Gasteiger partial charge in [-0.3, -0.25) is 9.59 Å². The average molecular weight is 251 g/mol. The summed E-state index contributed by atoms with van der Waals surface area (Å²) in [5.41, 5.74) is 0.994. The number of carboxylic acid groups (broad SMARTS) is 1. The fourth-order valence-corrected chi connectivity index (χ4v) is 2.07. The van der Waals surface area contributed by atoms with Gasteiger partial charge in [-0.2, -0.15) is 0 Å². The zero-order valence-electron chi connectivity index (χ0n) is 9.86. The molecule has 0 saturated carbocycles. The molecule has 96 valence electrons. The van der Waals surface area contributed by atoms with Gasteiger partial charge in [0.25, 0.3) is 0 Å². The highest BCUT2D eigenvalue weighted by Gasteiger charge is 2.24. The zero-order valence-corrected chi connectivity index (χ0v) is 9.86. The van der Waals surface area contributed by atoms with Crippen LogP contribution in [0.3, 0.4) is 0 Å². The van der Waals surface area contributed by atoms with Gasteiger partial charge in [0.05, 0.1) is 5.69 Å². The van der Waals surface area contributed by atoms with Crippen LogP contribution in [0.15, 0.2) is 18.2 Å². The van der Waals surface area contributed by atoms with Crippen LogP contribution in [0.4, 0.5) is 10.1 Å². The highest BCUT2D eigenvalue weighted by Crippen LogP contribution is 2.26. The van der Waals surface area contributed by atoms with Crippen molar-refractivity contribution in [3.8, 4) is 0 Å². The van der Waals surface area contributed by atoms with Crippen molar-refractivity contribution in [2.24, 2.45) is 0 Å². The Morgan fingerprint density at radius 2 is 2.22 bits per heavy atom. The Morgan fingerprint density at radius 1 is 1.44 bits per heavy atom. The van der Waals surface area contributed by atoms with Crippen molar-refractivity contribution in [3.63, 3.8) is 0 Å². The summed E-state index contributed by atoms with van der Waals surface area (Å²) in [6.07, 6.45) is 1.51. The van der Waals surface area contributed by atoms with Crippen molar-refractivity contribution in [2.45, 2.75) is 25.7 Å². The maximum Gasteiger partial charge on any atom is 0.303 e. The van der Waals surface area contributed by atoms with Crippen molar-refractivity contribution < 1.29 is 19.1 Å². The van der Waals surface area contributed by atoms with Crippen LogP contribution in [0.25, 0.3) is 0 Å². The number of rotatable bonds is 4. The standard InChI is InChI=1S/C13H14FNO3/c14-10-5-3-9(4-6-13(17)18)8-11(10)15-7-1-2-12(15)16/h3,5,8H,1-2,4,6-7H2,(H,17,18). The molecule has 1 saturated heterocycles. The molecule has 1 N–H and O–H groups in total. The molecular weight excluding hydrogens is 237 g/mol. The SMILES string of the molecule is O=C(O)CCc1ccc(F)c(N2CCCC2=O)c1. The molecule has 0 bridgehead atoms. The van der Waals surface area contributed by atoms with E-state index in [2.05, 4.69) is 0 Å². The first-order chi connectivity index (χ1) is 8.58. The third kappa shape index (κ3) is 2.67. The second-order valence-electron chi connectivity index (χ2n) is 4.33. The Bertz CT molecular complexity index is 487. The average Bonchev–Trinajstić information content (AvgIpc) is 2.74. The summed E-state index contributed by atoms with van der Waals surface area (Å²) in [6, 6.07) is 4.42. The summed E-state index contributed by atoms with van der Waals surface area (Å²) in [4.78, 5) is 23.5. The number of halogens is 1. The summed E-state index contributed by atoms with van der Waals surface area (Å²) < 4.78 is 13.7. The summed E-state index contributed by atoms with van der Waals surface area (Å²) in [5, 5.41) is 8.61. The van der Waals surface area contributed by atoms with Crippen LogP contribution in [-0.4, -0.2) is 23.5 Å². The van der Waals surface area contributed by atoms with E-state index in [1.807, 2.05) is 0 Å². The number of amides is 1. The van der Waals surface area contributed by atoms with Gasteiger partial charge in [0.2, 0.25) is 5.91 Å². The summed E-state index contributed by atoms with van der Waals surface area (Å²) in [6.45, 7) is 0.526. The van der Waals surface area contributed by atoms with Crippen molar-refractivity contribution >= 4 is 17.6 Å². The van der Waals surface area contributed by atoms with E-state index < -0.39 is 11.8 Å². The van der Waals surface area contributed by atoms with Crippen LogP contribution in [0.1, 0.15) is 24.8 Å². The first-order valence-electron chi connectivity index (χ1n) is 5.88. The van der Waals surface area contributed by atoms with Crippen LogP contribution in [0.2, 0.25) is 0 Å². The minimum atomic E-state index is -0.891. The summed E-state index contributed by atoms with van der Waals surface area (Å²) >= 11 is 0. The molecule has 1 amide bonds. The lowest BCUT2D eigenvalue weighted by Crippen LogP contribution is -2.24. The second kappa shape index (κ2) is 5.16. The van der Waals surface area contributed by atoms with Gasteiger partial charge in [-0.15, -0.1) is 0 Å². The largest absolute Gasteiger partial charge is 0.481 e. The van der Waals surface area contributed by atoms with Gasteiger partial charge >= 0.3 is 5.97 Å². The summed E-state index contributed by atoms with van der Waals surface area (Å²) in [5.74, 6) is -1.41. The molecule has 0 aromatic heterocycles. The van der Waals surface area contributed by atoms with E-state index in [1.54, 1.807) is 12.1 Å². The second-order valence-corrected chi connectivity index (χ2v) is 4.33. The molecule has 18 heavy (non-hydrogen) atoms. The van der Waals surface area contributed by atoms with Crippen molar-refractivity contribution in [1.29, 1.82) is 0 Å². The zero-order chi connectivity index (χ0) is 13.1. The van der Waals surface area contributed by atoms with E-state index in [0.717, 1.165) is 12.0 Å². The molecule has 0 aliphatic carbocycles. The number of anilines is 1.